The zero-order valence-electron chi connectivity index (χ0n) is 15.9. The molecular weight excluding hydrogens is 368 g/mol. The number of carboxylic acids is 1. The van der Waals surface area contributed by atoms with E-state index >= 15 is 0 Å². The van der Waals surface area contributed by atoms with Gasteiger partial charge in [0.1, 0.15) is 0 Å². The normalized spacial score (nSPS) is 16.1. The number of fused-ring (bicyclic) bond motifs is 1. The van der Waals surface area contributed by atoms with Crippen LogP contribution in [0, 0.1) is 6.92 Å². The minimum atomic E-state index is -1.01. The summed E-state index contributed by atoms with van der Waals surface area (Å²) in [7, 11) is 0. The fourth-order valence-corrected chi connectivity index (χ4v) is 3.52. The highest BCUT2D eigenvalue weighted by molar-refractivity contribution is 6.03. The maximum absolute atomic E-state index is 12.8. The molecule has 1 amide bonds. The van der Waals surface area contributed by atoms with Gasteiger partial charge in [0, 0.05) is 30.8 Å². The average Bonchev–Trinajstić information content (AvgIpc) is 3.17. The molecule has 1 N–H and O–H groups in total. The van der Waals surface area contributed by atoms with Gasteiger partial charge in [0.2, 0.25) is 5.91 Å². The first-order chi connectivity index (χ1) is 14.0. The summed E-state index contributed by atoms with van der Waals surface area (Å²) in [5, 5.41) is 15.0. The summed E-state index contributed by atoms with van der Waals surface area (Å²) in [5.41, 5.74) is 5.19. The van der Waals surface area contributed by atoms with E-state index in [0.29, 0.717) is 6.42 Å². The zero-order chi connectivity index (χ0) is 20.4. The third kappa shape index (κ3) is 3.85. The van der Waals surface area contributed by atoms with Crippen LogP contribution in [0.5, 0.6) is 0 Å². The summed E-state index contributed by atoms with van der Waals surface area (Å²) in [6.07, 6.45) is 3.45. The van der Waals surface area contributed by atoms with Crippen molar-refractivity contribution < 1.29 is 14.7 Å². The molecule has 4 rings (SSSR count). The predicted octanol–water partition coefficient (Wildman–Crippen LogP) is 3.48. The average molecular weight is 388 g/mol. The highest BCUT2D eigenvalue weighted by Gasteiger charge is 2.34. The molecule has 0 fully saturated rings. The lowest BCUT2D eigenvalue weighted by molar-refractivity contribution is -0.141. The van der Waals surface area contributed by atoms with Gasteiger partial charge in [-0.3, -0.25) is 19.6 Å². The number of benzene rings is 2. The van der Waals surface area contributed by atoms with Crippen molar-refractivity contribution in [3.8, 4) is 0 Å². The fourth-order valence-electron chi connectivity index (χ4n) is 3.52. The van der Waals surface area contributed by atoms with Crippen LogP contribution in [-0.4, -0.2) is 37.7 Å². The largest absolute Gasteiger partial charge is 0.481 e. The first-order valence-corrected chi connectivity index (χ1v) is 9.41. The third-order valence-electron chi connectivity index (χ3n) is 4.99. The van der Waals surface area contributed by atoms with Gasteiger partial charge in [-0.1, -0.05) is 42.0 Å². The van der Waals surface area contributed by atoms with E-state index in [1.54, 1.807) is 12.4 Å². The summed E-state index contributed by atoms with van der Waals surface area (Å²) in [6.45, 7) is 2.01. The first-order valence-electron chi connectivity index (χ1n) is 9.41. The Morgan fingerprint density at radius 3 is 2.59 bits per heavy atom. The zero-order valence-corrected chi connectivity index (χ0v) is 15.9. The molecule has 0 unspecified atom stereocenters. The van der Waals surface area contributed by atoms with Gasteiger partial charge in [0.25, 0.3) is 0 Å². The lowest BCUT2D eigenvalue weighted by Crippen LogP contribution is -2.27. The number of aryl methyl sites for hydroxylation is 1. The third-order valence-corrected chi connectivity index (χ3v) is 4.99. The molecule has 0 saturated carbocycles. The highest BCUT2D eigenvalue weighted by Crippen LogP contribution is 2.36. The number of carboxylic acid groups (broad SMARTS) is 1. The lowest BCUT2D eigenvalue weighted by Gasteiger charge is -2.22. The number of hydrazone groups is 1. The van der Waals surface area contributed by atoms with Crippen LogP contribution < -0.4 is 0 Å². The topological polar surface area (TPSA) is 95.8 Å². The Hall–Kier alpha value is -3.61. The van der Waals surface area contributed by atoms with Crippen molar-refractivity contribution >= 4 is 28.6 Å². The van der Waals surface area contributed by atoms with Crippen LogP contribution >= 0.6 is 0 Å². The van der Waals surface area contributed by atoms with Crippen molar-refractivity contribution in [2.75, 3.05) is 0 Å². The fraction of sp³-hybridized carbons (Fsp3) is 0.227. The van der Waals surface area contributed by atoms with Crippen LogP contribution in [0.1, 0.15) is 42.0 Å². The van der Waals surface area contributed by atoms with E-state index in [2.05, 4.69) is 15.1 Å². The second kappa shape index (κ2) is 7.79. The Kier molecular flexibility index (Phi) is 5.03. The standard InChI is InChI=1S/C22H20N4O3/c1-14-5-7-15(8-6-14)18-13-19(26(25-18)20(27)9-10-21(28)29)16-3-2-4-17-22(16)24-12-11-23-17/h2-8,11-12,19H,9-10,13H2,1H3,(H,28,29)/t19-/m0/s1. The molecular formula is C22H20N4O3. The predicted molar refractivity (Wildman–Crippen MR) is 108 cm³/mol. The molecule has 3 aromatic rings. The summed E-state index contributed by atoms with van der Waals surface area (Å²) < 4.78 is 0. The number of amides is 1. The molecule has 146 valence electrons. The molecule has 1 aliphatic heterocycles. The Balaban J connectivity index is 1.73. The van der Waals surface area contributed by atoms with E-state index in [-0.39, 0.29) is 24.8 Å². The van der Waals surface area contributed by atoms with Gasteiger partial charge < -0.3 is 5.11 Å². The summed E-state index contributed by atoms with van der Waals surface area (Å²) in [4.78, 5) is 32.6. The van der Waals surface area contributed by atoms with Crippen LogP contribution in [0.25, 0.3) is 11.0 Å². The minimum absolute atomic E-state index is 0.104. The molecule has 1 atom stereocenters. The first kappa shape index (κ1) is 18.7. The molecule has 0 spiro atoms. The Bertz CT molecular complexity index is 1100. The van der Waals surface area contributed by atoms with Crippen LogP contribution in [0.15, 0.2) is 60.0 Å². The van der Waals surface area contributed by atoms with Crippen molar-refractivity contribution in [1.29, 1.82) is 0 Å². The summed E-state index contributed by atoms with van der Waals surface area (Å²) >= 11 is 0. The van der Waals surface area contributed by atoms with E-state index in [9.17, 15) is 9.59 Å². The number of carbonyl (C=O) groups excluding carboxylic acids is 1. The molecule has 0 saturated heterocycles. The SMILES string of the molecule is Cc1ccc(C2=NN(C(=O)CCC(=O)O)[C@H](c3cccc4nccnc34)C2)cc1. The number of aromatic nitrogens is 2. The van der Waals surface area contributed by atoms with Crippen LogP contribution in [-0.2, 0) is 9.59 Å². The second-order valence-corrected chi connectivity index (χ2v) is 7.04. The number of hydrogen-bond donors (Lipinski definition) is 1. The van der Waals surface area contributed by atoms with E-state index in [1.807, 2.05) is 49.4 Å². The molecule has 2 aromatic carbocycles. The van der Waals surface area contributed by atoms with Crippen LogP contribution in [0.4, 0.5) is 0 Å². The Morgan fingerprint density at radius 1 is 1.07 bits per heavy atom. The molecule has 0 aliphatic carbocycles. The molecule has 0 bridgehead atoms. The Morgan fingerprint density at radius 2 is 1.83 bits per heavy atom. The highest BCUT2D eigenvalue weighted by atomic mass is 16.4. The number of nitrogens with zero attached hydrogens (tertiary/aromatic N) is 4. The maximum atomic E-state index is 12.8. The van der Waals surface area contributed by atoms with Gasteiger partial charge in [-0.15, -0.1) is 0 Å². The van der Waals surface area contributed by atoms with Gasteiger partial charge in [0.15, 0.2) is 0 Å². The second-order valence-electron chi connectivity index (χ2n) is 7.04. The quantitative estimate of drug-likeness (QED) is 0.722. The van der Waals surface area contributed by atoms with Crippen molar-refractivity contribution in [2.45, 2.75) is 32.2 Å². The summed E-state index contributed by atoms with van der Waals surface area (Å²) in [6, 6.07) is 13.3. The minimum Gasteiger partial charge on any atom is -0.481 e. The number of rotatable bonds is 5. The van der Waals surface area contributed by atoms with E-state index < -0.39 is 5.97 Å². The number of hydrogen-bond acceptors (Lipinski definition) is 5. The monoisotopic (exact) mass is 388 g/mol. The van der Waals surface area contributed by atoms with E-state index in [1.165, 1.54) is 5.01 Å². The van der Waals surface area contributed by atoms with Gasteiger partial charge >= 0.3 is 5.97 Å². The molecule has 0 radical (unpaired) electrons. The van der Waals surface area contributed by atoms with Gasteiger partial charge in [-0.2, -0.15) is 5.10 Å². The van der Waals surface area contributed by atoms with Gasteiger partial charge in [0.05, 0.1) is 29.2 Å². The van der Waals surface area contributed by atoms with Crippen molar-refractivity contribution in [1.82, 2.24) is 15.0 Å². The van der Waals surface area contributed by atoms with Crippen LogP contribution in [0.2, 0.25) is 0 Å². The van der Waals surface area contributed by atoms with Gasteiger partial charge in [-0.25, -0.2) is 5.01 Å². The van der Waals surface area contributed by atoms with Gasteiger partial charge in [-0.05, 0) is 18.6 Å². The smallest absolute Gasteiger partial charge is 0.303 e. The summed E-state index contributed by atoms with van der Waals surface area (Å²) in [5.74, 6) is -1.33. The van der Waals surface area contributed by atoms with Crippen molar-refractivity contribution in [2.24, 2.45) is 5.10 Å². The molecule has 1 aromatic heterocycles. The van der Waals surface area contributed by atoms with Crippen molar-refractivity contribution in [3.63, 3.8) is 0 Å². The number of para-hydroxylation sites is 1. The van der Waals surface area contributed by atoms with Crippen molar-refractivity contribution in [3.05, 3.63) is 71.5 Å². The molecule has 29 heavy (non-hydrogen) atoms. The van der Waals surface area contributed by atoms with E-state index in [0.717, 1.165) is 33.4 Å². The number of aliphatic carboxylic acids is 1. The molecule has 7 heteroatoms. The molecule has 7 nitrogen and oxygen atoms in total. The maximum Gasteiger partial charge on any atom is 0.303 e. The molecule has 2 heterocycles. The van der Waals surface area contributed by atoms with E-state index in [4.69, 9.17) is 5.11 Å². The Labute approximate surface area is 167 Å². The van der Waals surface area contributed by atoms with Crippen LogP contribution in [0.3, 0.4) is 0 Å². The molecule has 1 aliphatic rings. The number of carbonyl (C=O) groups is 2. The lowest BCUT2D eigenvalue weighted by atomic mass is 9.96.